The van der Waals surface area contributed by atoms with E-state index in [9.17, 15) is 14.7 Å². The fraction of sp³-hybridized carbons (Fsp3) is 0.355. The quantitative estimate of drug-likeness (QED) is 0.292. The van der Waals surface area contributed by atoms with Gasteiger partial charge in [0.25, 0.3) is 0 Å². The number of carbonyl (C=O) groups excluding carboxylic acids is 1. The van der Waals surface area contributed by atoms with Crippen LogP contribution in [0.2, 0.25) is 0 Å². The number of nitrogens with zero attached hydrogens (tertiary/aromatic N) is 1. The van der Waals surface area contributed by atoms with E-state index in [-0.39, 0.29) is 17.8 Å². The summed E-state index contributed by atoms with van der Waals surface area (Å²) in [5, 5.41) is 13.5. The van der Waals surface area contributed by atoms with Gasteiger partial charge in [0.05, 0.1) is 17.3 Å². The summed E-state index contributed by atoms with van der Waals surface area (Å²) in [4.78, 5) is 27.1. The largest absolute Gasteiger partial charge is 0.480 e. The van der Waals surface area contributed by atoms with Crippen molar-refractivity contribution in [1.29, 1.82) is 0 Å². The molecule has 0 spiro atoms. The molecule has 1 saturated heterocycles. The molecular formula is C31H36N2O4S. The number of esters is 1. The van der Waals surface area contributed by atoms with Gasteiger partial charge < -0.3 is 9.84 Å². The first-order valence-electron chi connectivity index (χ1n) is 12.8. The van der Waals surface area contributed by atoms with Gasteiger partial charge in [-0.2, -0.15) is 0 Å². The van der Waals surface area contributed by atoms with Crippen molar-refractivity contribution in [3.63, 3.8) is 0 Å². The number of carbonyl (C=O) groups is 2. The Morgan fingerprint density at radius 3 is 1.74 bits per heavy atom. The standard InChI is InChI=1S/C31H36N2O4S/c1-30(2,3)37-27(34)20-25(28-33(4)26(21-38-28)29(35)36)32-31(22-14-8-5-9-15-22,23-16-10-6-11-17-23)24-18-12-7-13-19-24/h5-19,25-26,28,32H,20-21H2,1-4H3,(H,35,36)/t25-,26-,28?/m0/s1. The van der Waals surface area contributed by atoms with Crippen LogP contribution in [-0.2, 0) is 19.9 Å². The van der Waals surface area contributed by atoms with Crippen molar-refractivity contribution in [2.45, 2.75) is 55.8 Å². The van der Waals surface area contributed by atoms with Gasteiger partial charge in [0.1, 0.15) is 11.6 Å². The maximum Gasteiger partial charge on any atom is 0.321 e. The molecule has 0 aliphatic carbocycles. The van der Waals surface area contributed by atoms with E-state index in [1.54, 1.807) is 11.8 Å². The molecule has 0 saturated carbocycles. The molecule has 3 atom stereocenters. The molecule has 1 aliphatic rings. The molecule has 2 N–H and O–H groups in total. The normalized spacial score (nSPS) is 19.2. The summed E-state index contributed by atoms with van der Waals surface area (Å²) in [6.07, 6.45) is 0.0832. The summed E-state index contributed by atoms with van der Waals surface area (Å²) in [6, 6.07) is 29.5. The third kappa shape index (κ3) is 6.12. The number of carboxylic acids is 1. The van der Waals surface area contributed by atoms with Crippen LogP contribution in [0.3, 0.4) is 0 Å². The molecule has 3 aromatic rings. The lowest BCUT2D eigenvalue weighted by Gasteiger charge is -2.42. The van der Waals surface area contributed by atoms with Crippen LogP contribution in [0.5, 0.6) is 0 Å². The summed E-state index contributed by atoms with van der Waals surface area (Å²) in [7, 11) is 1.82. The molecule has 3 aromatic carbocycles. The number of aliphatic carboxylic acids is 1. The first kappa shape index (κ1) is 27.9. The Labute approximate surface area is 229 Å². The van der Waals surface area contributed by atoms with Gasteiger partial charge >= 0.3 is 11.9 Å². The number of hydrogen-bond donors (Lipinski definition) is 2. The highest BCUT2D eigenvalue weighted by molar-refractivity contribution is 8.00. The van der Waals surface area contributed by atoms with Crippen LogP contribution in [0.25, 0.3) is 0 Å². The van der Waals surface area contributed by atoms with Crippen molar-refractivity contribution in [2.75, 3.05) is 12.8 Å². The highest BCUT2D eigenvalue weighted by Gasteiger charge is 2.46. The summed E-state index contributed by atoms with van der Waals surface area (Å²) in [5.74, 6) is -0.748. The van der Waals surface area contributed by atoms with Gasteiger partial charge in [-0.25, -0.2) is 0 Å². The van der Waals surface area contributed by atoms with Crippen molar-refractivity contribution in [3.05, 3.63) is 108 Å². The van der Waals surface area contributed by atoms with Gasteiger partial charge in [0.2, 0.25) is 0 Å². The topological polar surface area (TPSA) is 78.9 Å². The van der Waals surface area contributed by atoms with Gasteiger partial charge in [-0.15, -0.1) is 11.8 Å². The molecule has 0 aromatic heterocycles. The zero-order valence-electron chi connectivity index (χ0n) is 22.3. The first-order valence-corrected chi connectivity index (χ1v) is 13.9. The number of hydrogen-bond acceptors (Lipinski definition) is 6. The fourth-order valence-corrected chi connectivity index (χ4v) is 6.66. The lowest BCUT2D eigenvalue weighted by Crippen LogP contribution is -2.57. The van der Waals surface area contributed by atoms with Gasteiger partial charge in [0.15, 0.2) is 0 Å². The minimum absolute atomic E-state index is 0.0832. The van der Waals surface area contributed by atoms with E-state index in [4.69, 9.17) is 4.74 Å². The molecule has 0 radical (unpaired) electrons. The summed E-state index contributed by atoms with van der Waals surface area (Å²) in [5.41, 5.74) is 1.63. The summed E-state index contributed by atoms with van der Waals surface area (Å²) < 4.78 is 5.75. The molecule has 1 aliphatic heterocycles. The third-order valence-electron chi connectivity index (χ3n) is 6.78. The molecule has 0 bridgehead atoms. The van der Waals surface area contributed by atoms with Crippen molar-refractivity contribution >= 4 is 23.7 Å². The van der Waals surface area contributed by atoms with Crippen LogP contribution in [0.15, 0.2) is 91.0 Å². The average Bonchev–Trinajstić information content (AvgIpc) is 3.28. The molecule has 4 rings (SSSR count). The van der Waals surface area contributed by atoms with Crippen molar-refractivity contribution in [3.8, 4) is 0 Å². The Bertz CT molecular complexity index is 1120. The smallest absolute Gasteiger partial charge is 0.321 e. The predicted octanol–water partition coefficient (Wildman–Crippen LogP) is 5.13. The number of rotatable bonds is 9. The fourth-order valence-electron chi connectivity index (χ4n) is 5.13. The third-order valence-corrected chi connectivity index (χ3v) is 8.29. The predicted molar refractivity (Wildman–Crippen MR) is 152 cm³/mol. The highest BCUT2D eigenvalue weighted by Crippen LogP contribution is 2.40. The Hall–Kier alpha value is -3.13. The summed E-state index contributed by atoms with van der Waals surface area (Å²) in [6.45, 7) is 5.56. The van der Waals surface area contributed by atoms with E-state index in [1.165, 1.54) is 0 Å². The van der Waals surface area contributed by atoms with Crippen LogP contribution < -0.4 is 5.32 Å². The number of ether oxygens (including phenoxy) is 1. The van der Waals surface area contributed by atoms with Gasteiger partial charge in [-0.3, -0.25) is 19.8 Å². The highest BCUT2D eigenvalue weighted by atomic mass is 32.2. The van der Waals surface area contributed by atoms with Gasteiger partial charge in [-0.05, 0) is 44.5 Å². The maximum atomic E-state index is 13.2. The minimum Gasteiger partial charge on any atom is -0.480 e. The van der Waals surface area contributed by atoms with E-state index in [2.05, 4.69) is 41.7 Å². The van der Waals surface area contributed by atoms with E-state index in [0.717, 1.165) is 16.7 Å². The maximum absolute atomic E-state index is 13.2. The average molecular weight is 533 g/mol. The first-order chi connectivity index (χ1) is 18.1. The summed E-state index contributed by atoms with van der Waals surface area (Å²) >= 11 is 1.56. The molecule has 200 valence electrons. The SMILES string of the molecule is CN1C([C@H](CC(=O)OC(C)(C)C)NC(c2ccccc2)(c2ccccc2)c2ccccc2)SC[C@H]1C(=O)O. The molecule has 38 heavy (non-hydrogen) atoms. The van der Waals surface area contributed by atoms with Crippen LogP contribution in [0, 0.1) is 0 Å². The monoisotopic (exact) mass is 532 g/mol. The second-order valence-corrected chi connectivity index (χ2v) is 11.8. The number of thioether (sulfide) groups is 1. The molecule has 0 amide bonds. The number of carboxylic acid groups (broad SMARTS) is 1. The van der Waals surface area contributed by atoms with Gasteiger partial charge in [0, 0.05) is 11.8 Å². The zero-order chi connectivity index (χ0) is 27.3. The second kappa shape index (κ2) is 11.7. The lowest BCUT2D eigenvalue weighted by atomic mass is 9.76. The zero-order valence-corrected chi connectivity index (χ0v) is 23.2. The van der Waals surface area contributed by atoms with E-state index >= 15 is 0 Å². The minimum atomic E-state index is -0.862. The molecule has 1 unspecified atom stereocenters. The lowest BCUT2D eigenvalue weighted by molar-refractivity contribution is -0.155. The number of likely N-dealkylation sites (N-methyl/N-ethyl adjacent to an activating group) is 1. The Morgan fingerprint density at radius 2 is 1.37 bits per heavy atom. The Kier molecular flexibility index (Phi) is 8.61. The molecule has 1 heterocycles. The van der Waals surface area contributed by atoms with Crippen molar-refractivity contribution < 1.29 is 19.4 Å². The van der Waals surface area contributed by atoms with E-state index < -0.39 is 29.2 Å². The van der Waals surface area contributed by atoms with E-state index in [1.807, 2.05) is 87.3 Å². The molecule has 7 heteroatoms. The van der Waals surface area contributed by atoms with E-state index in [0.29, 0.717) is 5.75 Å². The second-order valence-electron chi connectivity index (χ2n) is 10.6. The van der Waals surface area contributed by atoms with Crippen LogP contribution in [-0.4, -0.2) is 57.8 Å². The molecule has 6 nitrogen and oxygen atoms in total. The number of nitrogens with one attached hydrogen (secondary N) is 1. The Balaban J connectivity index is 1.87. The molecular weight excluding hydrogens is 496 g/mol. The van der Waals surface area contributed by atoms with Crippen LogP contribution >= 0.6 is 11.8 Å². The Morgan fingerprint density at radius 1 is 0.921 bits per heavy atom. The van der Waals surface area contributed by atoms with Crippen LogP contribution in [0.4, 0.5) is 0 Å². The molecule has 1 fully saturated rings. The van der Waals surface area contributed by atoms with Gasteiger partial charge in [-0.1, -0.05) is 91.0 Å². The van der Waals surface area contributed by atoms with Crippen molar-refractivity contribution in [1.82, 2.24) is 10.2 Å². The van der Waals surface area contributed by atoms with Crippen LogP contribution in [0.1, 0.15) is 43.9 Å². The van der Waals surface area contributed by atoms with Crippen molar-refractivity contribution in [2.24, 2.45) is 0 Å². The number of benzene rings is 3.